The van der Waals surface area contributed by atoms with Crippen molar-refractivity contribution < 1.29 is 19.2 Å². The van der Waals surface area contributed by atoms with E-state index in [1.165, 1.54) is 9.80 Å². The lowest BCUT2D eigenvalue weighted by Crippen LogP contribution is -2.64. The lowest BCUT2D eigenvalue weighted by Gasteiger charge is -2.53. The van der Waals surface area contributed by atoms with Gasteiger partial charge in [-0.2, -0.15) is 0 Å². The van der Waals surface area contributed by atoms with Gasteiger partial charge >= 0.3 is 0 Å². The van der Waals surface area contributed by atoms with Gasteiger partial charge in [0.2, 0.25) is 23.6 Å². The van der Waals surface area contributed by atoms with Crippen LogP contribution in [0.3, 0.4) is 0 Å². The monoisotopic (exact) mass is 480 g/mol. The molecule has 4 atom stereocenters. The molecular formula is C30H28N2O4. The molecule has 0 spiro atoms. The average Bonchev–Trinajstić information content (AvgIpc) is 2.91. The largest absolute Gasteiger partial charge is 0.273 e. The predicted octanol–water partition coefficient (Wildman–Crippen LogP) is 4.09. The number of imide groups is 2. The minimum atomic E-state index is -0.553. The van der Waals surface area contributed by atoms with Crippen molar-refractivity contribution in [2.75, 3.05) is 9.80 Å². The van der Waals surface area contributed by atoms with Gasteiger partial charge in [-0.05, 0) is 60.1 Å². The lowest BCUT2D eigenvalue weighted by atomic mass is 9.55. The number of carbonyl (C=O) groups is 4. The molecule has 6 rings (SSSR count). The minimum Gasteiger partial charge on any atom is -0.273 e. The fraction of sp³-hybridized carbons (Fsp3) is 0.333. The first-order chi connectivity index (χ1) is 17.4. The van der Waals surface area contributed by atoms with Gasteiger partial charge in [0.05, 0.1) is 35.0 Å². The molecule has 0 saturated carbocycles. The number of aryl methyl sites for hydroxylation is 2. The molecule has 2 aromatic carbocycles. The third kappa shape index (κ3) is 3.16. The third-order valence-electron chi connectivity index (χ3n) is 8.38. The van der Waals surface area contributed by atoms with Crippen LogP contribution in [0.15, 0.2) is 72.8 Å². The fourth-order valence-electron chi connectivity index (χ4n) is 6.47. The first kappa shape index (κ1) is 22.7. The molecule has 4 unspecified atom stereocenters. The molecule has 2 saturated heterocycles. The fourth-order valence-corrected chi connectivity index (χ4v) is 6.47. The number of benzene rings is 2. The Kier molecular flexibility index (Phi) is 5.29. The summed E-state index contributed by atoms with van der Waals surface area (Å²) in [6, 6.07) is 15.0. The van der Waals surface area contributed by atoms with Gasteiger partial charge in [0.25, 0.3) is 0 Å². The molecule has 2 heterocycles. The van der Waals surface area contributed by atoms with Crippen LogP contribution in [-0.2, 0) is 32.0 Å². The quantitative estimate of drug-likeness (QED) is 0.488. The summed E-state index contributed by atoms with van der Waals surface area (Å²) in [5, 5.41) is 0. The zero-order valence-corrected chi connectivity index (χ0v) is 20.3. The standard InChI is InChI=1S/C30H28N2O4/c1-3-17-5-9-19(10-6-17)31-27(33)21-13-15-23-26-24(16-14-22(25(21)26)28(31)34)30(36)32(29(23)35)20-11-7-18(4-2)8-12-20/h5-16,21-26H,3-4H2,1-2H3. The van der Waals surface area contributed by atoms with E-state index in [2.05, 4.69) is 13.8 Å². The van der Waals surface area contributed by atoms with Crippen LogP contribution < -0.4 is 9.80 Å². The molecule has 2 aliphatic heterocycles. The molecule has 0 radical (unpaired) electrons. The van der Waals surface area contributed by atoms with E-state index in [0.717, 1.165) is 24.0 Å². The average molecular weight is 481 g/mol. The molecule has 2 aliphatic carbocycles. The minimum absolute atomic E-state index is 0.285. The Hall–Kier alpha value is -3.80. The van der Waals surface area contributed by atoms with Gasteiger partial charge in [-0.1, -0.05) is 62.4 Å². The Morgan fingerprint density at radius 3 is 1.03 bits per heavy atom. The SMILES string of the molecule is CCc1ccc(N2C(=O)C3C=CC4C(=O)N(c5ccc(CC)cc5)C(=O)C5C=CC(C2=O)C3C45)cc1. The smallest absolute Gasteiger partial charge is 0.241 e. The van der Waals surface area contributed by atoms with Crippen LogP contribution >= 0.6 is 0 Å². The summed E-state index contributed by atoms with van der Waals surface area (Å²) in [5.41, 5.74) is 3.37. The molecule has 6 heteroatoms. The van der Waals surface area contributed by atoms with Crippen molar-refractivity contribution in [2.24, 2.45) is 35.5 Å². The highest BCUT2D eigenvalue weighted by atomic mass is 16.2. The molecule has 182 valence electrons. The maximum atomic E-state index is 13.6. The van der Waals surface area contributed by atoms with Gasteiger partial charge in [0, 0.05) is 0 Å². The van der Waals surface area contributed by atoms with Crippen molar-refractivity contribution in [3.8, 4) is 0 Å². The Balaban J connectivity index is 1.39. The summed E-state index contributed by atoms with van der Waals surface area (Å²) in [4.78, 5) is 57.1. The second kappa shape index (κ2) is 8.40. The van der Waals surface area contributed by atoms with Crippen LogP contribution in [0.2, 0.25) is 0 Å². The van der Waals surface area contributed by atoms with Gasteiger partial charge in [0.1, 0.15) is 0 Å². The molecular weight excluding hydrogens is 452 g/mol. The summed E-state index contributed by atoms with van der Waals surface area (Å²) in [5.74, 6) is -4.16. The number of hydrogen-bond acceptors (Lipinski definition) is 4. The third-order valence-corrected chi connectivity index (χ3v) is 8.38. The van der Waals surface area contributed by atoms with Crippen LogP contribution in [0.1, 0.15) is 25.0 Å². The van der Waals surface area contributed by atoms with Gasteiger partial charge in [0.15, 0.2) is 0 Å². The normalized spacial score (nSPS) is 30.6. The first-order valence-electron chi connectivity index (χ1n) is 12.7. The Labute approximate surface area is 210 Å². The molecule has 0 aromatic heterocycles. The van der Waals surface area contributed by atoms with Crippen LogP contribution in [0, 0.1) is 35.5 Å². The molecule has 2 aromatic rings. The highest BCUT2D eigenvalue weighted by molar-refractivity contribution is 6.22. The molecule has 4 amide bonds. The molecule has 4 aliphatic rings. The van der Waals surface area contributed by atoms with E-state index in [1.807, 2.05) is 48.5 Å². The van der Waals surface area contributed by atoms with Crippen molar-refractivity contribution in [3.05, 3.63) is 84.0 Å². The zero-order chi connectivity index (χ0) is 25.1. The van der Waals surface area contributed by atoms with Crippen LogP contribution in [0.4, 0.5) is 11.4 Å². The van der Waals surface area contributed by atoms with Gasteiger partial charge < -0.3 is 0 Å². The van der Waals surface area contributed by atoms with E-state index in [1.54, 1.807) is 24.3 Å². The van der Waals surface area contributed by atoms with E-state index >= 15 is 0 Å². The summed E-state index contributed by atoms with van der Waals surface area (Å²) in [6.45, 7) is 4.11. The topological polar surface area (TPSA) is 74.8 Å². The van der Waals surface area contributed by atoms with E-state index < -0.39 is 35.5 Å². The summed E-state index contributed by atoms with van der Waals surface area (Å²) < 4.78 is 0. The Bertz CT molecular complexity index is 1170. The number of hydrogen-bond donors (Lipinski definition) is 0. The first-order valence-corrected chi connectivity index (χ1v) is 12.7. The van der Waals surface area contributed by atoms with E-state index in [0.29, 0.717) is 11.4 Å². The lowest BCUT2D eigenvalue weighted by molar-refractivity contribution is -0.148. The van der Waals surface area contributed by atoms with Gasteiger partial charge in [-0.3, -0.25) is 19.2 Å². The number of rotatable bonds is 4. The molecule has 0 N–H and O–H groups in total. The highest BCUT2D eigenvalue weighted by Crippen LogP contribution is 2.53. The van der Waals surface area contributed by atoms with Crippen molar-refractivity contribution in [3.63, 3.8) is 0 Å². The van der Waals surface area contributed by atoms with E-state index in [-0.39, 0.29) is 23.6 Å². The van der Waals surface area contributed by atoms with E-state index in [9.17, 15) is 19.2 Å². The second-order valence-electron chi connectivity index (χ2n) is 10.1. The molecule has 0 bridgehead atoms. The molecule has 36 heavy (non-hydrogen) atoms. The van der Waals surface area contributed by atoms with Crippen molar-refractivity contribution in [1.29, 1.82) is 0 Å². The van der Waals surface area contributed by atoms with Crippen molar-refractivity contribution in [1.82, 2.24) is 0 Å². The summed E-state index contributed by atoms with van der Waals surface area (Å²) in [7, 11) is 0. The molecule has 6 nitrogen and oxygen atoms in total. The van der Waals surface area contributed by atoms with Crippen LogP contribution in [0.25, 0.3) is 0 Å². The van der Waals surface area contributed by atoms with Gasteiger partial charge in [-0.15, -0.1) is 0 Å². The molecule has 2 fully saturated rings. The number of piperidine rings is 2. The van der Waals surface area contributed by atoms with Crippen molar-refractivity contribution in [2.45, 2.75) is 26.7 Å². The van der Waals surface area contributed by atoms with E-state index in [4.69, 9.17) is 0 Å². The Morgan fingerprint density at radius 2 is 0.778 bits per heavy atom. The predicted molar refractivity (Wildman–Crippen MR) is 136 cm³/mol. The maximum absolute atomic E-state index is 13.6. The summed E-state index contributed by atoms with van der Waals surface area (Å²) >= 11 is 0. The number of amides is 4. The number of nitrogens with zero attached hydrogens (tertiary/aromatic N) is 2. The van der Waals surface area contributed by atoms with Gasteiger partial charge in [-0.25, -0.2) is 9.80 Å². The van der Waals surface area contributed by atoms with Crippen LogP contribution in [0.5, 0.6) is 0 Å². The zero-order valence-electron chi connectivity index (χ0n) is 20.3. The highest BCUT2D eigenvalue weighted by Gasteiger charge is 2.60. The maximum Gasteiger partial charge on any atom is 0.241 e. The van der Waals surface area contributed by atoms with Crippen molar-refractivity contribution >= 4 is 35.0 Å². The number of carbonyl (C=O) groups excluding carboxylic acids is 4. The summed E-state index contributed by atoms with van der Waals surface area (Å²) in [6.07, 6.45) is 8.92. The Morgan fingerprint density at radius 1 is 0.500 bits per heavy atom. The number of anilines is 2. The second-order valence-corrected chi connectivity index (χ2v) is 10.1. The van der Waals surface area contributed by atoms with Crippen LogP contribution in [-0.4, -0.2) is 23.6 Å².